The molecule has 21 heavy (non-hydrogen) atoms. The number of carboxylic acids is 1. The fourth-order valence-electron chi connectivity index (χ4n) is 2.09. The molecular weight excluding hydrogens is 292 g/mol. The van der Waals surface area contributed by atoms with E-state index in [1.165, 1.54) is 4.90 Å². The number of thioether (sulfide) groups is 1. The van der Waals surface area contributed by atoms with Crippen LogP contribution in [0.15, 0.2) is 24.3 Å². The SMILES string of the molecule is Cc1ccccc1N1C(=O)C[C@H](SC[C@@H](N)C(=O)O)C1=O. The quantitative estimate of drug-likeness (QED) is 0.779. The van der Waals surface area contributed by atoms with Crippen LogP contribution < -0.4 is 10.6 Å². The fourth-order valence-corrected chi connectivity index (χ4v) is 3.18. The normalized spacial score (nSPS) is 19.9. The Hall–Kier alpha value is -1.86. The van der Waals surface area contributed by atoms with Gasteiger partial charge in [-0.05, 0) is 18.6 Å². The van der Waals surface area contributed by atoms with Crippen molar-refractivity contribution < 1.29 is 19.5 Å². The molecule has 3 N–H and O–H groups in total. The van der Waals surface area contributed by atoms with Crippen molar-refractivity contribution in [2.24, 2.45) is 5.73 Å². The highest BCUT2D eigenvalue weighted by atomic mass is 32.2. The summed E-state index contributed by atoms with van der Waals surface area (Å²) in [6, 6.07) is 6.12. The smallest absolute Gasteiger partial charge is 0.321 e. The Kier molecular flexibility index (Phi) is 4.64. The number of amides is 2. The van der Waals surface area contributed by atoms with Crippen LogP contribution in [0.2, 0.25) is 0 Å². The van der Waals surface area contributed by atoms with Gasteiger partial charge < -0.3 is 10.8 Å². The summed E-state index contributed by atoms with van der Waals surface area (Å²) in [7, 11) is 0. The van der Waals surface area contributed by atoms with Crippen molar-refractivity contribution >= 4 is 35.2 Å². The van der Waals surface area contributed by atoms with E-state index >= 15 is 0 Å². The van der Waals surface area contributed by atoms with Crippen molar-refractivity contribution in [3.8, 4) is 0 Å². The van der Waals surface area contributed by atoms with Crippen LogP contribution in [-0.2, 0) is 14.4 Å². The predicted molar refractivity (Wildman–Crippen MR) is 80.1 cm³/mol. The molecule has 2 atom stereocenters. The molecule has 112 valence electrons. The first kappa shape index (κ1) is 15.5. The second-order valence-corrected chi connectivity index (χ2v) is 6.06. The lowest BCUT2D eigenvalue weighted by atomic mass is 10.2. The number of anilines is 1. The van der Waals surface area contributed by atoms with Crippen LogP contribution >= 0.6 is 11.8 Å². The van der Waals surface area contributed by atoms with Crippen LogP contribution in [0.5, 0.6) is 0 Å². The van der Waals surface area contributed by atoms with Gasteiger partial charge in [0.1, 0.15) is 6.04 Å². The number of aliphatic carboxylic acids is 1. The van der Waals surface area contributed by atoms with Crippen molar-refractivity contribution in [1.29, 1.82) is 0 Å². The van der Waals surface area contributed by atoms with E-state index in [0.717, 1.165) is 17.3 Å². The summed E-state index contributed by atoms with van der Waals surface area (Å²) in [5, 5.41) is 8.17. The van der Waals surface area contributed by atoms with Gasteiger partial charge in [-0.15, -0.1) is 11.8 Å². The molecule has 0 aliphatic carbocycles. The van der Waals surface area contributed by atoms with E-state index in [2.05, 4.69) is 0 Å². The molecule has 1 saturated heterocycles. The fraction of sp³-hybridized carbons (Fsp3) is 0.357. The Morgan fingerprint density at radius 3 is 2.76 bits per heavy atom. The lowest BCUT2D eigenvalue weighted by Crippen LogP contribution is -2.35. The van der Waals surface area contributed by atoms with Crippen molar-refractivity contribution in [2.75, 3.05) is 10.7 Å². The third-order valence-electron chi connectivity index (χ3n) is 3.26. The zero-order valence-electron chi connectivity index (χ0n) is 11.5. The Balaban J connectivity index is 2.10. The molecule has 1 heterocycles. The molecule has 6 nitrogen and oxygen atoms in total. The predicted octanol–water partition coefficient (Wildman–Crippen LogP) is 0.772. The number of benzene rings is 1. The first-order valence-electron chi connectivity index (χ1n) is 6.44. The summed E-state index contributed by atoms with van der Waals surface area (Å²) < 4.78 is 0. The van der Waals surface area contributed by atoms with Gasteiger partial charge in [-0.3, -0.25) is 14.4 Å². The molecule has 0 radical (unpaired) electrons. The zero-order valence-corrected chi connectivity index (χ0v) is 12.3. The van der Waals surface area contributed by atoms with Gasteiger partial charge in [-0.1, -0.05) is 18.2 Å². The monoisotopic (exact) mass is 308 g/mol. The lowest BCUT2D eigenvalue weighted by Gasteiger charge is -2.17. The number of imide groups is 1. The van der Waals surface area contributed by atoms with E-state index in [9.17, 15) is 14.4 Å². The molecule has 0 bridgehead atoms. The number of para-hydroxylation sites is 1. The van der Waals surface area contributed by atoms with Gasteiger partial charge in [-0.2, -0.15) is 0 Å². The number of aryl methyl sites for hydroxylation is 1. The number of carboxylic acid groups (broad SMARTS) is 1. The number of carbonyl (C=O) groups excluding carboxylic acids is 2. The molecule has 1 aliphatic rings. The molecule has 0 aromatic heterocycles. The Morgan fingerprint density at radius 1 is 1.48 bits per heavy atom. The van der Waals surface area contributed by atoms with Crippen LogP contribution in [0, 0.1) is 6.92 Å². The van der Waals surface area contributed by atoms with Gasteiger partial charge in [0.25, 0.3) is 0 Å². The third-order valence-corrected chi connectivity index (χ3v) is 4.58. The number of rotatable bonds is 5. The van der Waals surface area contributed by atoms with E-state index in [1.54, 1.807) is 12.1 Å². The summed E-state index contributed by atoms with van der Waals surface area (Å²) >= 11 is 1.12. The first-order valence-corrected chi connectivity index (χ1v) is 7.49. The average molecular weight is 308 g/mol. The maximum absolute atomic E-state index is 12.3. The maximum atomic E-state index is 12.3. The van der Waals surface area contributed by atoms with Gasteiger partial charge in [0.2, 0.25) is 11.8 Å². The van der Waals surface area contributed by atoms with Gasteiger partial charge in [-0.25, -0.2) is 4.90 Å². The Bertz CT molecular complexity index is 590. The molecule has 0 unspecified atom stereocenters. The molecule has 2 amide bonds. The highest BCUT2D eigenvalue weighted by Crippen LogP contribution is 2.31. The molecule has 1 aromatic rings. The minimum absolute atomic E-state index is 0.0736. The largest absolute Gasteiger partial charge is 0.480 e. The Morgan fingerprint density at radius 2 is 2.14 bits per heavy atom. The maximum Gasteiger partial charge on any atom is 0.321 e. The molecule has 1 aromatic carbocycles. The summed E-state index contributed by atoms with van der Waals surface area (Å²) in [6.45, 7) is 1.83. The third kappa shape index (κ3) is 3.25. The number of hydrogen-bond acceptors (Lipinski definition) is 5. The van der Waals surface area contributed by atoms with Crippen molar-refractivity contribution in [2.45, 2.75) is 24.6 Å². The molecular formula is C14H16N2O4S. The van der Waals surface area contributed by atoms with Crippen molar-refractivity contribution in [1.82, 2.24) is 0 Å². The van der Waals surface area contributed by atoms with Gasteiger partial charge >= 0.3 is 5.97 Å². The molecule has 1 aliphatic heterocycles. The average Bonchev–Trinajstić information content (AvgIpc) is 2.71. The van der Waals surface area contributed by atoms with Crippen LogP contribution in [0.4, 0.5) is 5.69 Å². The summed E-state index contributed by atoms with van der Waals surface area (Å²) in [5.74, 6) is -1.59. The second kappa shape index (κ2) is 6.28. The zero-order chi connectivity index (χ0) is 15.6. The van der Waals surface area contributed by atoms with Gasteiger partial charge in [0.15, 0.2) is 0 Å². The summed E-state index contributed by atoms with van der Waals surface area (Å²) in [5.41, 5.74) is 6.84. The van der Waals surface area contributed by atoms with E-state index in [-0.39, 0.29) is 24.0 Å². The molecule has 0 saturated carbocycles. The topological polar surface area (TPSA) is 101 Å². The standard InChI is InChI=1S/C14H16N2O4S/c1-8-4-2-3-5-10(8)16-12(17)6-11(13(16)18)21-7-9(15)14(19)20/h2-5,9,11H,6-7,15H2,1H3,(H,19,20)/t9-,11+/m1/s1. The van der Waals surface area contributed by atoms with Crippen LogP contribution in [0.3, 0.4) is 0 Å². The van der Waals surface area contributed by atoms with E-state index in [4.69, 9.17) is 10.8 Å². The van der Waals surface area contributed by atoms with Crippen molar-refractivity contribution in [3.05, 3.63) is 29.8 Å². The van der Waals surface area contributed by atoms with Crippen LogP contribution in [0.1, 0.15) is 12.0 Å². The van der Waals surface area contributed by atoms with Gasteiger partial charge in [0, 0.05) is 12.2 Å². The van der Waals surface area contributed by atoms with Crippen molar-refractivity contribution in [3.63, 3.8) is 0 Å². The summed E-state index contributed by atoms with van der Waals surface area (Å²) in [4.78, 5) is 36.3. The second-order valence-electron chi connectivity index (χ2n) is 4.82. The van der Waals surface area contributed by atoms with Crippen LogP contribution in [0.25, 0.3) is 0 Å². The lowest BCUT2D eigenvalue weighted by molar-refractivity contribution is -0.138. The summed E-state index contributed by atoms with van der Waals surface area (Å²) in [6.07, 6.45) is 0.0736. The van der Waals surface area contributed by atoms with Gasteiger partial charge in [0.05, 0.1) is 10.9 Å². The number of hydrogen-bond donors (Lipinski definition) is 2. The van der Waals surface area contributed by atoms with E-state index in [0.29, 0.717) is 5.69 Å². The number of carbonyl (C=O) groups is 3. The van der Waals surface area contributed by atoms with E-state index in [1.807, 2.05) is 19.1 Å². The van der Waals surface area contributed by atoms with Crippen LogP contribution in [-0.4, -0.2) is 39.9 Å². The highest BCUT2D eigenvalue weighted by molar-refractivity contribution is 8.00. The first-order chi connectivity index (χ1) is 9.91. The Labute approximate surface area is 126 Å². The number of nitrogens with zero attached hydrogens (tertiary/aromatic N) is 1. The molecule has 2 rings (SSSR count). The molecule has 7 heteroatoms. The van der Waals surface area contributed by atoms with E-state index < -0.39 is 17.3 Å². The minimum Gasteiger partial charge on any atom is -0.480 e. The highest BCUT2D eigenvalue weighted by Gasteiger charge is 2.40. The number of nitrogens with two attached hydrogens (primary N) is 1. The minimum atomic E-state index is -1.12. The molecule has 0 spiro atoms. The molecule has 1 fully saturated rings.